The maximum atomic E-state index is 4.99. The summed E-state index contributed by atoms with van der Waals surface area (Å²) in [6, 6.07) is 12.8. The molecule has 0 amide bonds. The van der Waals surface area contributed by atoms with E-state index in [2.05, 4.69) is 74.2 Å². The van der Waals surface area contributed by atoms with Gasteiger partial charge in [0.05, 0.1) is 6.54 Å². The highest BCUT2D eigenvalue weighted by Gasteiger charge is 2.28. The zero-order chi connectivity index (χ0) is 22.2. The number of nitrogens with zero attached hydrogens (tertiary/aromatic N) is 6. The molecular formula is C25H37N7. The van der Waals surface area contributed by atoms with Crippen LogP contribution in [0.4, 0.5) is 5.95 Å². The molecule has 1 aromatic carbocycles. The van der Waals surface area contributed by atoms with Gasteiger partial charge in [0.2, 0.25) is 5.95 Å². The lowest BCUT2D eigenvalue weighted by Crippen LogP contribution is -2.49. The quantitative estimate of drug-likeness (QED) is 0.556. The molecule has 2 unspecified atom stereocenters. The fraction of sp³-hybridized carbons (Fsp3) is 0.560. The number of piperidine rings is 1. The SMILES string of the molecule is CCNC(=NCCN1CCN(c2ncccn2)CC1)N1CCC(c2ccccc2)C(C)C1. The molecule has 1 N–H and O–H groups in total. The van der Waals surface area contributed by atoms with Crippen molar-refractivity contribution in [1.82, 2.24) is 25.1 Å². The van der Waals surface area contributed by atoms with E-state index in [1.165, 1.54) is 12.0 Å². The van der Waals surface area contributed by atoms with Crippen LogP contribution in [0.25, 0.3) is 0 Å². The Balaban J connectivity index is 1.26. The highest BCUT2D eigenvalue weighted by Crippen LogP contribution is 2.32. The lowest BCUT2D eigenvalue weighted by molar-refractivity contribution is 0.233. The van der Waals surface area contributed by atoms with Gasteiger partial charge in [-0.15, -0.1) is 0 Å². The molecular weight excluding hydrogens is 398 g/mol. The third-order valence-electron chi connectivity index (χ3n) is 6.65. The van der Waals surface area contributed by atoms with E-state index in [4.69, 9.17) is 4.99 Å². The van der Waals surface area contributed by atoms with Crippen molar-refractivity contribution < 1.29 is 0 Å². The molecule has 1 aromatic heterocycles. The van der Waals surface area contributed by atoms with Gasteiger partial charge in [-0.2, -0.15) is 0 Å². The van der Waals surface area contributed by atoms with Gasteiger partial charge in [0.25, 0.3) is 0 Å². The molecule has 32 heavy (non-hydrogen) atoms. The molecule has 3 heterocycles. The molecule has 2 aromatic rings. The number of benzene rings is 1. The molecule has 2 aliphatic rings. The van der Waals surface area contributed by atoms with E-state index >= 15 is 0 Å². The lowest BCUT2D eigenvalue weighted by atomic mass is 9.82. The Morgan fingerprint density at radius 1 is 1.03 bits per heavy atom. The van der Waals surface area contributed by atoms with Crippen molar-refractivity contribution in [3.05, 3.63) is 54.4 Å². The van der Waals surface area contributed by atoms with Crippen LogP contribution in [0.1, 0.15) is 31.7 Å². The monoisotopic (exact) mass is 435 g/mol. The summed E-state index contributed by atoms with van der Waals surface area (Å²) in [5.74, 6) is 3.17. The minimum Gasteiger partial charge on any atom is -0.357 e. The van der Waals surface area contributed by atoms with Crippen LogP contribution in [0.2, 0.25) is 0 Å². The highest BCUT2D eigenvalue weighted by atomic mass is 15.3. The maximum Gasteiger partial charge on any atom is 0.225 e. The minimum absolute atomic E-state index is 0.614. The second-order valence-electron chi connectivity index (χ2n) is 8.84. The number of anilines is 1. The largest absolute Gasteiger partial charge is 0.357 e. The van der Waals surface area contributed by atoms with Crippen LogP contribution in [0.3, 0.4) is 0 Å². The summed E-state index contributed by atoms with van der Waals surface area (Å²) in [6.45, 7) is 13.4. The van der Waals surface area contributed by atoms with E-state index in [1.807, 2.05) is 18.5 Å². The number of guanidine groups is 1. The van der Waals surface area contributed by atoms with Gasteiger partial charge in [-0.05, 0) is 36.8 Å². The van der Waals surface area contributed by atoms with Crippen molar-refractivity contribution in [2.45, 2.75) is 26.2 Å². The molecule has 0 saturated carbocycles. The number of aliphatic imine (C=N–C) groups is 1. The van der Waals surface area contributed by atoms with Crippen LogP contribution in [-0.2, 0) is 0 Å². The third kappa shape index (κ3) is 5.76. The maximum absolute atomic E-state index is 4.99. The zero-order valence-electron chi connectivity index (χ0n) is 19.5. The van der Waals surface area contributed by atoms with Gasteiger partial charge in [-0.1, -0.05) is 37.3 Å². The van der Waals surface area contributed by atoms with Crippen LogP contribution in [0, 0.1) is 5.92 Å². The van der Waals surface area contributed by atoms with Gasteiger partial charge in [-0.25, -0.2) is 9.97 Å². The summed E-state index contributed by atoms with van der Waals surface area (Å²) in [5, 5.41) is 3.53. The summed E-state index contributed by atoms with van der Waals surface area (Å²) in [5.41, 5.74) is 1.47. The third-order valence-corrected chi connectivity index (χ3v) is 6.65. The lowest BCUT2D eigenvalue weighted by Gasteiger charge is -2.39. The average molecular weight is 436 g/mol. The topological polar surface area (TPSA) is 59.9 Å². The van der Waals surface area contributed by atoms with Crippen LogP contribution < -0.4 is 10.2 Å². The van der Waals surface area contributed by atoms with Crippen LogP contribution >= 0.6 is 0 Å². The van der Waals surface area contributed by atoms with Crippen LogP contribution in [-0.4, -0.2) is 84.6 Å². The molecule has 2 fully saturated rings. The van der Waals surface area contributed by atoms with E-state index in [0.29, 0.717) is 11.8 Å². The summed E-state index contributed by atoms with van der Waals surface area (Å²) < 4.78 is 0. The van der Waals surface area contributed by atoms with Gasteiger partial charge in [0.1, 0.15) is 0 Å². The Morgan fingerprint density at radius 3 is 2.47 bits per heavy atom. The van der Waals surface area contributed by atoms with E-state index in [1.54, 1.807) is 0 Å². The fourth-order valence-corrected chi connectivity index (χ4v) is 4.88. The van der Waals surface area contributed by atoms with Gasteiger partial charge >= 0.3 is 0 Å². The molecule has 0 spiro atoms. The fourth-order valence-electron chi connectivity index (χ4n) is 4.88. The summed E-state index contributed by atoms with van der Waals surface area (Å²) in [6.07, 6.45) is 4.81. The number of nitrogens with one attached hydrogen (secondary N) is 1. The second kappa shape index (κ2) is 11.3. The van der Waals surface area contributed by atoms with Crippen molar-refractivity contribution in [2.24, 2.45) is 10.9 Å². The predicted octanol–water partition coefficient (Wildman–Crippen LogP) is 2.69. The van der Waals surface area contributed by atoms with Crippen molar-refractivity contribution in [3.63, 3.8) is 0 Å². The minimum atomic E-state index is 0.614. The Kier molecular flexibility index (Phi) is 7.93. The van der Waals surface area contributed by atoms with Crippen LogP contribution in [0.15, 0.2) is 53.8 Å². The molecule has 2 atom stereocenters. The summed E-state index contributed by atoms with van der Waals surface area (Å²) >= 11 is 0. The molecule has 2 saturated heterocycles. The normalized spacial score (nSPS) is 22.8. The Hall–Kier alpha value is -2.67. The number of aromatic nitrogens is 2. The standard InChI is InChI=1S/C25H37N7/c1-3-26-24(32-14-10-23(21(2)20-32)22-8-5-4-6-9-22)29-13-15-30-16-18-31(19-17-30)25-27-11-7-12-28-25/h4-9,11-12,21,23H,3,10,13-20H2,1-2H3,(H,26,29). The number of likely N-dealkylation sites (tertiary alicyclic amines) is 1. The van der Waals surface area contributed by atoms with Gasteiger partial charge in [0.15, 0.2) is 5.96 Å². The van der Waals surface area contributed by atoms with E-state index in [9.17, 15) is 0 Å². The second-order valence-corrected chi connectivity index (χ2v) is 8.84. The first kappa shape index (κ1) is 22.5. The van der Waals surface area contributed by atoms with E-state index in [-0.39, 0.29) is 0 Å². The van der Waals surface area contributed by atoms with Crippen molar-refractivity contribution in [1.29, 1.82) is 0 Å². The average Bonchev–Trinajstić information content (AvgIpc) is 2.85. The van der Waals surface area contributed by atoms with E-state index < -0.39 is 0 Å². The van der Waals surface area contributed by atoms with E-state index in [0.717, 1.165) is 70.8 Å². The smallest absolute Gasteiger partial charge is 0.225 e. The molecule has 0 bridgehead atoms. The van der Waals surface area contributed by atoms with Gasteiger partial charge in [-0.3, -0.25) is 9.89 Å². The Morgan fingerprint density at radius 2 is 1.78 bits per heavy atom. The van der Waals surface area contributed by atoms with Crippen LogP contribution in [0.5, 0.6) is 0 Å². The molecule has 0 radical (unpaired) electrons. The van der Waals surface area contributed by atoms with Crippen molar-refractivity contribution >= 4 is 11.9 Å². The first-order chi connectivity index (χ1) is 15.7. The number of hydrogen-bond donors (Lipinski definition) is 1. The predicted molar refractivity (Wildman–Crippen MR) is 131 cm³/mol. The number of rotatable bonds is 6. The molecule has 7 heteroatoms. The first-order valence-electron chi connectivity index (χ1n) is 12.1. The van der Waals surface area contributed by atoms with Crippen molar-refractivity contribution in [3.8, 4) is 0 Å². The molecule has 0 aliphatic carbocycles. The summed E-state index contributed by atoms with van der Waals surface area (Å²) in [7, 11) is 0. The van der Waals surface area contributed by atoms with Gasteiger partial charge in [0, 0.05) is 64.8 Å². The zero-order valence-corrected chi connectivity index (χ0v) is 19.5. The molecule has 172 valence electrons. The number of piperazine rings is 1. The van der Waals surface area contributed by atoms with Crippen molar-refractivity contribution in [2.75, 3.05) is 63.8 Å². The summed E-state index contributed by atoms with van der Waals surface area (Å²) in [4.78, 5) is 21.0. The molecule has 7 nitrogen and oxygen atoms in total. The van der Waals surface area contributed by atoms with Gasteiger partial charge < -0.3 is 15.1 Å². The first-order valence-corrected chi connectivity index (χ1v) is 12.1. The molecule has 2 aliphatic heterocycles. The Labute approximate surface area is 192 Å². The molecule has 4 rings (SSSR count). The Bertz CT molecular complexity index is 834. The number of hydrogen-bond acceptors (Lipinski definition) is 5. The highest BCUT2D eigenvalue weighted by molar-refractivity contribution is 5.80.